The Hall–Kier alpha value is -2.21. The molecule has 0 atom stereocenters. The summed E-state index contributed by atoms with van der Waals surface area (Å²) in [4.78, 5) is 18.8. The number of benzene rings is 1. The van der Waals surface area contributed by atoms with Gasteiger partial charge in [0.1, 0.15) is 0 Å². The van der Waals surface area contributed by atoms with E-state index < -0.39 is 10.2 Å². The lowest BCUT2D eigenvalue weighted by Gasteiger charge is -2.15. The number of likely N-dealkylation sites (tertiary alicyclic amines) is 1. The van der Waals surface area contributed by atoms with Gasteiger partial charge in [0.05, 0.1) is 32.0 Å². The van der Waals surface area contributed by atoms with Crippen LogP contribution in [0.25, 0.3) is 16.8 Å². The number of imidazole rings is 1. The molecule has 3 heterocycles. The van der Waals surface area contributed by atoms with Crippen LogP contribution in [0.15, 0.2) is 35.1 Å². The van der Waals surface area contributed by atoms with Gasteiger partial charge in [-0.1, -0.05) is 12.1 Å². The Balaban J connectivity index is 0.000000376. The van der Waals surface area contributed by atoms with Gasteiger partial charge in [0.15, 0.2) is 0 Å². The molecule has 10 nitrogen and oxygen atoms in total. The summed E-state index contributed by atoms with van der Waals surface area (Å²) in [7, 11) is -4.69. The normalized spacial score (nSPS) is 15.3. The monoisotopic (exact) mass is 398 g/mol. The number of hydrogen-bond acceptors (Lipinski definition) is 8. The van der Waals surface area contributed by atoms with E-state index in [9.17, 15) is 9.90 Å². The summed E-state index contributed by atoms with van der Waals surface area (Å²) in [6.45, 7) is 3.96. The minimum atomic E-state index is -4.69. The van der Waals surface area contributed by atoms with Gasteiger partial charge in [-0.25, -0.2) is 4.40 Å². The van der Waals surface area contributed by atoms with E-state index in [4.69, 9.17) is 18.6 Å². The zero-order valence-electron chi connectivity index (χ0n) is 14.3. The predicted molar refractivity (Wildman–Crippen MR) is 86.5 cm³/mol. The van der Waals surface area contributed by atoms with Crippen molar-refractivity contribution in [2.24, 2.45) is 0 Å². The molecule has 0 saturated carbocycles. The van der Waals surface area contributed by atoms with Gasteiger partial charge in [-0.3, -0.25) is 4.79 Å². The molecule has 3 aromatic rings. The average molecular weight is 399 g/mol. The first-order valence-electron chi connectivity index (χ1n) is 8.29. The molecule has 27 heavy (non-hydrogen) atoms. The summed E-state index contributed by atoms with van der Waals surface area (Å²) in [5, 5.41) is 9.69. The molecular weight excluding hydrogens is 380 g/mol. The van der Waals surface area contributed by atoms with Crippen LogP contribution in [0.3, 0.4) is 0 Å². The Morgan fingerprint density at radius 3 is 2.30 bits per heavy atom. The molecule has 0 unspecified atom stereocenters. The quantitative estimate of drug-likeness (QED) is 0.484. The van der Waals surface area contributed by atoms with Gasteiger partial charge < -0.3 is 14.6 Å². The molecule has 0 spiro atoms. The van der Waals surface area contributed by atoms with E-state index in [1.54, 1.807) is 4.40 Å². The fraction of sp³-hybridized carbons (Fsp3) is 0.375. The second kappa shape index (κ2) is 7.80. The number of rotatable bonds is 3. The van der Waals surface area contributed by atoms with Crippen LogP contribution in [0, 0.1) is 10.2 Å². The van der Waals surface area contributed by atoms with Crippen LogP contribution in [-0.4, -0.2) is 48.3 Å². The third-order valence-corrected chi connectivity index (χ3v) is 4.38. The number of aromatic hydroxyl groups is 1. The predicted octanol–water partition coefficient (Wildman–Crippen LogP) is -2.67. The molecule has 1 aromatic carbocycles. The zero-order chi connectivity index (χ0) is 19.6. The fourth-order valence-electron chi connectivity index (χ4n) is 3.32. The van der Waals surface area contributed by atoms with E-state index in [1.807, 2.05) is 28.8 Å². The first-order chi connectivity index (χ1) is 12.7. The van der Waals surface area contributed by atoms with Crippen molar-refractivity contribution in [1.29, 1.82) is 0 Å². The van der Waals surface area contributed by atoms with Gasteiger partial charge in [0, 0.05) is 13.1 Å². The molecule has 1 saturated heterocycles. The van der Waals surface area contributed by atoms with Crippen LogP contribution >= 0.6 is 0 Å². The van der Waals surface area contributed by atoms with Crippen LogP contribution in [0.1, 0.15) is 12.8 Å². The van der Waals surface area contributed by atoms with E-state index in [1.165, 1.54) is 12.8 Å². The lowest BCUT2D eigenvalue weighted by atomic mass is 10.3. The third-order valence-electron chi connectivity index (χ3n) is 4.38. The lowest BCUT2D eigenvalue weighted by Crippen LogP contribution is -2.58. The molecule has 4 rings (SSSR count). The topological polar surface area (TPSA) is 152 Å². The lowest BCUT2D eigenvalue weighted by molar-refractivity contribution is -1.92. The SMILES string of the molecule is O=c1cc(O)nc2n(CCN3CCCC3)c3ccccc3n12.[O-][Cl+3]([O-])([O-])O. The third kappa shape index (κ3) is 4.75. The van der Waals surface area contributed by atoms with Crippen LogP contribution in [-0.2, 0) is 6.54 Å². The van der Waals surface area contributed by atoms with Gasteiger partial charge in [-0.15, -0.1) is 0 Å². The molecule has 146 valence electrons. The van der Waals surface area contributed by atoms with Crippen molar-refractivity contribution in [2.45, 2.75) is 19.4 Å². The van der Waals surface area contributed by atoms with E-state index in [0.29, 0.717) is 5.78 Å². The second-order valence-corrected chi connectivity index (χ2v) is 6.97. The van der Waals surface area contributed by atoms with E-state index in [2.05, 4.69) is 9.88 Å². The number of nitrogens with zero attached hydrogens (tertiary/aromatic N) is 4. The Morgan fingerprint density at radius 2 is 1.67 bits per heavy atom. The highest BCUT2D eigenvalue weighted by molar-refractivity contribution is 5.80. The van der Waals surface area contributed by atoms with Gasteiger partial charge in [0.2, 0.25) is 11.7 Å². The van der Waals surface area contributed by atoms with Crippen molar-refractivity contribution >= 4 is 16.8 Å². The molecule has 0 amide bonds. The van der Waals surface area contributed by atoms with Gasteiger partial charge in [0.25, 0.3) is 5.56 Å². The Kier molecular flexibility index (Phi) is 5.65. The maximum absolute atomic E-state index is 12.2. The first-order valence-corrected chi connectivity index (χ1v) is 9.56. The molecule has 0 bridgehead atoms. The summed E-state index contributed by atoms with van der Waals surface area (Å²) in [5.74, 6) is 0.278. The maximum atomic E-state index is 12.2. The zero-order valence-corrected chi connectivity index (χ0v) is 15.1. The first kappa shape index (κ1) is 19.5. The Morgan fingerprint density at radius 1 is 1.07 bits per heavy atom. The number of aromatic nitrogens is 3. The number of para-hydroxylation sites is 2. The van der Waals surface area contributed by atoms with Gasteiger partial charge in [-0.2, -0.15) is 19.0 Å². The van der Waals surface area contributed by atoms with E-state index in [-0.39, 0.29) is 11.4 Å². The van der Waals surface area contributed by atoms with Crippen LogP contribution in [0.2, 0.25) is 0 Å². The van der Waals surface area contributed by atoms with Crippen LogP contribution < -0.4 is 19.5 Å². The van der Waals surface area contributed by atoms with Crippen molar-refractivity contribution < 1.29 is 34.0 Å². The average Bonchev–Trinajstić information content (AvgIpc) is 3.17. The molecule has 0 aliphatic carbocycles. The van der Waals surface area contributed by atoms with Crippen LogP contribution in [0.5, 0.6) is 5.88 Å². The van der Waals surface area contributed by atoms with Crippen molar-refractivity contribution in [2.75, 3.05) is 19.6 Å². The van der Waals surface area contributed by atoms with Gasteiger partial charge in [-0.05, 0) is 38.1 Å². The van der Waals surface area contributed by atoms with Crippen LogP contribution in [0.4, 0.5) is 0 Å². The highest BCUT2D eigenvalue weighted by Gasteiger charge is 2.16. The van der Waals surface area contributed by atoms with E-state index >= 15 is 0 Å². The number of fused-ring (bicyclic) bond motifs is 3. The van der Waals surface area contributed by atoms with E-state index in [0.717, 1.165) is 43.3 Å². The molecule has 11 heteroatoms. The highest BCUT2D eigenvalue weighted by atomic mass is 35.7. The standard InChI is InChI=1S/C16H18N4O2.ClHO4/c21-14-11-15(22)20-13-6-2-1-5-12(13)19(16(20)17-14)10-9-18-7-3-4-8-18;2-1(3,4)5/h1-2,5-6,11,21H,3-4,7-10H2;(H,2,3,4,5). The summed E-state index contributed by atoms with van der Waals surface area (Å²) in [6.07, 6.45) is 2.51. The summed E-state index contributed by atoms with van der Waals surface area (Å²) in [5.41, 5.74) is 1.55. The van der Waals surface area contributed by atoms with Crippen molar-refractivity contribution in [3.05, 3.63) is 40.7 Å². The van der Waals surface area contributed by atoms with Crippen molar-refractivity contribution in [3.8, 4) is 5.88 Å². The molecule has 1 fully saturated rings. The smallest absolute Gasteiger partial charge is 0.263 e. The molecular formula is C16H19ClN4O6. The molecule has 0 radical (unpaired) electrons. The molecule has 2 N–H and O–H groups in total. The summed E-state index contributed by atoms with van der Waals surface area (Å²) in [6, 6.07) is 8.92. The second-order valence-electron chi connectivity index (χ2n) is 6.17. The Labute approximate surface area is 155 Å². The fourth-order valence-corrected chi connectivity index (χ4v) is 3.32. The number of halogens is 1. The molecule has 1 aliphatic rings. The maximum Gasteiger partial charge on any atom is 0.263 e. The minimum absolute atomic E-state index is 0.227. The highest BCUT2D eigenvalue weighted by Crippen LogP contribution is 2.20. The Bertz CT molecular complexity index is 984. The molecule has 1 aliphatic heterocycles. The summed E-state index contributed by atoms with van der Waals surface area (Å²) < 4.78 is 36.3. The van der Waals surface area contributed by atoms with Crippen molar-refractivity contribution in [1.82, 2.24) is 18.9 Å². The molecule has 2 aromatic heterocycles. The number of hydrogen-bond donors (Lipinski definition) is 2. The van der Waals surface area contributed by atoms with Crippen molar-refractivity contribution in [3.63, 3.8) is 0 Å². The van der Waals surface area contributed by atoms with Gasteiger partial charge >= 0.3 is 0 Å². The minimum Gasteiger partial charge on any atom is -0.493 e. The summed E-state index contributed by atoms with van der Waals surface area (Å²) >= 11 is 0. The largest absolute Gasteiger partial charge is 0.493 e.